The normalized spacial score (nSPS) is 22.7. The quantitative estimate of drug-likeness (QED) is 0.371. The van der Waals surface area contributed by atoms with Crippen LogP contribution in [0.15, 0.2) is 105 Å². The molecule has 3 aliphatic rings. The van der Waals surface area contributed by atoms with Crippen molar-refractivity contribution in [2.75, 3.05) is 0 Å². The second kappa shape index (κ2) is 10.7. The van der Waals surface area contributed by atoms with E-state index in [9.17, 15) is 9.59 Å². The topological polar surface area (TPSA) is 83.6 Å². The molecule has 180 valence electrons. The van der Waals surface area contributed by atoms with Crippen LogP contribution in [0.4, 0.5) is 11.4 Å². The highest BCUT2D eigenvalue weighted by molar-refractivity contribution is 8.17. The van der Waals surface area contributed by atoms with Crippen LogP contribution in [0.25, 0.3) is 0 Å². The molecule has 0 saturated carbocycles. The van der Waals surface area contributed by atoms with Crippen molar-refractivity contribution < 1.29 is 9.59 Å². The van der Waals surface area contributed by atoms with E-state index < -0.39 is 0 Å². The van der Waals surface area contributed by atoms with Crippen LogP contribution in [0, 0.1) is 11.8 Å². The number of thioether (sulfide) groups is 2. The average Bonchev–Trinajstić information content (AvgIpc) is 2.90. The van der Waals surface area contributed by atoms with E-state index in [1.54, 1.807) is 12.2 Å². The van der Waals surface area contributed by atoms with E-state index in [-0.39, 0.29) is 28.8 Å². The van der Waals surface area contributed by atoms with Gasteiger partial charge in [0.05, 0.1) is 33.3 Å². The van der Waals surface area contributed by atoms with Crippen molar-refractivity contribution in [2.24, 2.45) is 32.0 Å². The first-order valence-electron chi connectivity index (χ1n) is 11.7. The van der Waals surface area contributed by atoms with Gasteiger partial charge in [-0.15, -0.1) is 18.3 Å². The summed E-state index contributed by atoms with van der Waals surface area (Å²) in [4.78, 5) is 35.7. The molecule has 6 nitrogen and oxygen atoms in total. The van der Waals surface area contributed by atoms with Crippen LogP contribution in [0.1, 0.15) is 40.0 Å². The Hall–Kier alpha value is -3.36. The molecule has 0 unspecified atom stereocenters. The maximum absolute atomic E-state index is 13.1. The highest BCUT2D eigenvalue weighted by Crippen LogP contribution is 2.40. The number of ketones is 2. The number of para-hydroxylation sites is 2. The summed E-state index contributed by atoms with van der Waals surface area (Å²) in [6.07, 6.45) is 7.20. The summed E-state index contributed by atoms with van der Waals surface area (Å²) in [6.45, 7) is 7.63. The van der Waals surface area contributed by atoms with E-state index in [1.807, 2.05) is 54.6 Å². The van der Waals surface area contributed by atoms with Crippen LogP contribution in [0.3, 0.4) is 0 Å². The first kappa shape index (κ1) is 24.3. The number of fused-ring (bicyclic) bond motifs is 2. The number of hydrogen-bond donors (Lipinski definition) is 0. The van der Waals surface area contributed by atoms with Crippen LogP contribution < -0.4 is 0 Å². The van der Waals surface area contributed by atoms with Crippen LogP contribution in [0.2, 0.25) is 0 Å². The van der Waals surface area contributed by atoms with Crippen LogP contribution in [-0.2, 0) is 0 Å². The van der Waals surface area contributed by atoms with Gasteiger partial charge in [-0.2, -0.15) is 5.11 Å². The Morgan fingerprint density at radius 3 is 1.94 bits per heavy atom. The van der Waals surface area contributed by atoms with Crippen LogP contribution in [-0.4, -0.2) is 27.0 Å². The molecule has 0 fully saturated rings. The number of carbonyl (C=O) groups excluding carboxylic acids is 2. The summed E-state index contributed by atoms with van der Waals surface area (Å²) in [5.41, 5.74) is 2.66. The smallest absolute Gasteiger partial charge is 0.174 e. The number of benzene rings is 2. The minimum atomic E-state index is -0.368. The van der Waals surface area contributed by atoms with Gasteiger partial charge in [0.25, 0.3) is 0 Å². The Balaban J connectivity index is 1.32. The van der Waals surface area contributed by atoms with Crippen molar-refractivity contribution in [2.45, 2.75) is 24.6 Å². The van der Waals surface area contributed by atoms with Crippen molar-refractivity contribution >= 4 is 56.6 Å². The lowest BCUT2D eigenvalue weighted by Crippen LogP contribution is -2.26. The maximum Gasteiger partial charge on any atom is 0.174 e. The Kier molecular flexibility index (Phi) is 7.25. The van der Waals surface area contributed by atoms with Gasteiger partial charge in [0.2, 0.25) is 0 Å². The Morgan fingerprint density at radius 1 is 0.833 bits per heavy atom. The Labute approximate surface area is 218 Å². The second-order valence-corrected chi connectivity index (χ2v) is 10.7. The lowest BCUT2D eigenvalue weighted by atomic mass is 9.92. The van der Waals surface area contributed by atoms with E-state index in [4.69, 9.17) is 9.98 Å². The zero-order valence-corrected chi connectivity index (χ0v) is 21.2. The molecular weight excluding hydrogens is 488 g/mol. The minimum absolute atomic E-state index is 0.0540. The van der Waals surface area contributed by atoms with Gasteiger partial charge >= 0.3 is 0 Å². The summed E-state index contributed by atoms with van der Waals surface area (Å²) >= 11 is 2.85. The number of rotatable bonds is 6. The SMILES string of the molecule is C=CC[C@@H]1C(=O)c2ccccc2N=C1S[C@H]1CC=C(SC2=Nc3ccccc3C(=O)[C@@H]2CC=C)N=N1. The summed E-state index contributed by atoms with van der Waals surface area (Å²) in [6, 6.07) is 14.8. The van der Waals surface area contributed by atoms with Crippen LogP contribution >= 0.6 is 23.5 Å². The number of Topliss-reactive ketones (excluding diaryl/α,β-unsaturated/α-hetero) is 2. The fraction of sp³-hybridized carbons (Fsp3) is 0.214. The third kappa shape index (κ3) is 4.83. The second-order valence-electron chi connectivity index (χ2n) is 8.48. The minimum Gasteiger partial charge on any atom is -0.293 e. The van der Waals surface area contributed by atoms with Gasteiger partial charge < -0.3 is 0 Å². The predicted octanol–water partition coefficient (Wildman–Crippen LogP) is 7.71. The molecule has 0 aromatic heterocycles. The zero-order chi connectivity index (χ0) is 25.1. The number of nitrogens with zero attached hydrogens (tertiary/aromatic N) is 4. The molecule has 36 heavy (non-hydrogen) atoms. The molecule has 3 heterocycles. The molecular formula is C28H24N4O2S2. The Morgan fingerprint density at radius 2 is 1.39 bits per heavy atom. The summed E-state index contributed by atoms with van der Waals surface area (Å²) in [7, 11) is 0. The maximum atomic E-state index is 13.1. The molecule has 0 saturated heterocycles. The number of azo groups is 1. The van der Waals surface area contributed by atoms with Gasteiger partial charge in [-0.1, -0.05) is 59.9 Å². The highest BCUT2D eigenvalue weighted by atomic mass is 32.2. The summed E-state index contributed by atoms with van der Waals surface area (Å²) in [5.74, 6) is -0.595. The van der Waals surface area contributed by atoms with E-state index in [0.717, 1.165) is 5.04 Å². The van der Waals surface area contributed by atoms with Gasteiger partial charge in [0.15, 0.2) is 11.6 Å². The number of aliphatic imine (C=N–C) groups is 2. The number of allylic oxidation sites excluding steroid dienone is 2. The zero-order valence-electron chi connectivity index (χ0n) is 19.5. The molecule has 0 radical (unpaired) electrons. The summed E-state index contributed by atoms with van der Waals surface area (Å²) < 4.78 is 0. The van der Waals surface area contributed by atoms with Crippen molar-refractivity contribution in [3.8, 4) is 0 Å². The molecule has 0 bridgehead atoms. The lowest BCUT2D eigenvalue weighted by Gasteiger charge is -2.25. The third-order valence-electron chi connectivity index (χ3n) is 6.08. The first-order valence-corrected chi connectivity index (χ1v) is 13.4. The molecule has 0 aliphatic carbocycles. The van der Waals surface area contributed by atoms with Crippen LogP contribution in [0.5, 0.6) is 0 Å². The number of hydrogen-bond acceptors (Lipinski definition) is 8. The van der Waals surface area contributed by atoms with Crippen molar-refractivity contribution in [3.05, 3.63) is 96.1 Å². The molecule has 3 aliphatic heterocycles. The monoisotopic (exact) mass is 512 g/mol. The first-order chi connectivity index (χ1) is 17.6. The molecule has 0 amide bonds. The number of carbonyl (C=O) groups is 2. The van der Waals surface area contributed by atoms with Gasteiger partial charge in [-0.25, -0.2) is 9.98 Å². The molecule has 0 N–H and O–H groups in total. The van der Waals surface area contributed by atoms with Gasteiger partial charge in [0.1, 0.15) is 10.4 Å². The molecule has 3 atom stereocenters. The van der Waals surface area contributed by atoms with E-state index in [0.29, 0.717) is 51.8 Å². The lowest BCUT2D eigenvalue weighted by molar-refractivity contribution is 0.0947. The van der Waals surface area contributed by atoms with E-state index in [1.165, 1.54) is 23.5 Å². The fourth-order valence-corrected chi connectivity index (χ4v) is 6.35. The van der Waals surface area contributed by atoms with Gasteiger partial charge in [0, 0.05) is 17.5 Å². The Bertz CT molecular complexity index is 1380. The van der Waals surface area contributed by atoms with Crippen molar-refractivity contribution in [1.29, 1.82) is 0 Å². The fourth-order valence-electron chi connectivity index (χ4n) is 4.29. The molecule has 0 spiro atoms. The van der Waals surface area contributed by atoms with Gasteiger partial charge in [-0.05, 0) is 43.2 Å². The predicted molar refractivity (Wildman–Crippen MR) is 149 cm³/mol. The van der Waals surface area contributed by atoms with E-state index in [2.05, 4.69) is 23.4 Å². The largest absolute Gasteiger partial charge is 0.293 e. The summed E-state index contributed by atoms with van der Waals surface area (Å²) in [5, 5.41) is 10.9. The van der Waals surface area contributed by atoms with Crippen molar-refractivity contribution in [3.63, 3.8) is 0 Å². The average molecular weight is 513 g/mol. The molecule has 8 heteroatoms. The highest BCUT2D eigenvalue weighted by Gasteiger charge is 2.34. The molecule has 5 rings (SSSR count). The van der Waals surface area contributed by atoms with Gasteiger partial charge in [-0.3, -0.25) is 9.59 Å². The molecule has 2 aromatic rings. The van der Waals surface area contributed by atoms with E-state index >= 15 is 0 Å². The molecule has 2 aromatic carbocycles. The third-order valence-corrected chi connectivity index (χ3v) is 8.30. The van der Waals surface area contributed by atoms with Crippen molar-refractivity contribution in [1.82, 2.24) is 0 Å². The standard InChI is InChI=1S/C28H24N4O2S2/c1-3-9-19-25(33)17-11-5-7-13-21(17)29-27(19)35-23-15-16-24(32-31-23)36-28-20(10-4-2)26(34)18-12-6-8-14-22(18)30-28/h3-8,11-15,19-20,24H,1-2,9-10,16H2/t19-,20+,24-/m0/s1.